The van der Waals surface area contributed by atoms with Crippen LogP contribution >= 0.6 is 24.0 Å². The maximum atomic E-state index is 12.1. The Hall–Kier alpha value is -0.940. The van der Waals surface area contributed by atoms with Gasteiger partial charge in [0.2, 0.25) is 0 Å². The Morgan fingerprint density at radius 3 is 2.46 bits per heavy atom. The molecule has 1 saturated heterocycles. The molecule has 0 aromatic rings. The highest BCUT2D eigenvalue weighted by atomic mass is 127. The monoisotopic (exact) mass is 494 g/mol. The summed E-state index contributed by atoms with van der Waals surface area (Å²) in [5.41, 5.74) is -0.545. The van der Waals surface area contributed by atoms with E-state index in [-0.39, 0.29) is 36.4 Å². The molecular weight excluding hydrogens is 464 g/mol. The molecule has 2 N–H and O–H groups in total. The number of nitrogens with one attached hydrogen (secondary N) is 2. The number of unbranched alkanes of at least 4 members (excludes halogenated alkanes) is 1. The molecule has 1 atom stereocenters. The first-order valence-corrected chi connectivity index (χ1v) is 8.52. The zero-order valence-corrected chi connectivity index (χ0v) is 18.1. The van der Waals surface area contributed by atoms with Gasteiger partial charge in [-0.05, 0) is 40.0 Å². The number of alkyl halides is 3. The summed E-state index contributed by atoms with van der Waals surface area (Å²) >= 11 is 0. The average molecular weight is 494 g/mol. The van der Waals surface area contributed by atoms with Gasteiger partial charge in [0.25, 0.3) is 0 Å². The smallest absolute Gasteiger partial charge is 0.407 e. The number of carbonyl (C=O) groups excluding carboxylic acids is 1. The minimum absolute atomic E-state index is 0. The van der Waals surface area contributed by atoms with Gasteiger partial charge >= 0.3 is 12.3 Å². The van der Waals surface area contributed by atoms with Crippen molar-refractivity contribution in [2.24, 2.45) is 4.99 Å². The molecule has 1 rings (SSSR count). The summed E-state index contributed by atoms with van der Waals surface area (Å²) in [6, 6.07) is -0.0429. The van der Waals surface area contributed by atoms with Crippen molar-refractivity contribution >= 4 is 36.0 Å². The standard InChI is InChI=1S/C16H29F3N4O2.HI/c1-15(2,3)25-14(24)22-12-7-10-23(11-12)13(20-4)21-9-6-5-8-16(17,18)19;/h12H,5-11H2,1-4H3,(H,20,21)(H,22,24);1H/t12-;/m1./s1. The lowest BCUT2D eigenvalue weighted by atomic mass is 10.2. The summed E-state index contributed by atoms with van der Waals surface area (Å²) in [7, 11) is 1.63. The topological polar surface area (TPSA) is 66.0 Å². The van der Waals surface area contributed by atoms with Crippen LogP contribution in [0.3, 0.4) is 0 Å². The number of amides is 1. The van der Waals surface area contributed by atoms with Crippen molar-refractivity contribution in [2.45, 2.75) is 64.3 Å². The van der Waals surface area contributed by atoms with Gasteiger partial charge < -0.3 is 20.3 Å². The van der Waals surface area contributed by atoms with Gasteiger partial charge in [0.05, 0.1) is 6.04 Å². The van der Waals surface area contributed by atoms with Crippen LogP contribution in [0.2, 0.25) is 0 Å². The van der Waals surface area contributed by atoms with Gasteiger partial charge in [-0.25, -0.2) is 4.79 Å². The summed E-state index contributed by atoms with van der Waals surface area (Å²) in [5.74, 6) is 0.639. The minimum atomic E-state index is -4.10. The van der Waals surface area contributed by atoms with Crippen molar-refractivity contribution in [3.8, 4) is 0 Å². The number of carbonyl (C=O) groups is 1. The number of halogens is 4. The van der Waals surface area contributed by atoms with Gasteiger partial charge in [0, 0.05) is 33.1 Å². The molecule has 1 amide bonds. The summed E-state index contributed by atoms with van der Waals surface area (Å²) in [4.78, 5) is 17.9. The van der Waals surface area contributed by atoms with E-state index in [1.807, 2.05) is 4.90 Å². The fourth-order valence-corrected chi connectivity index (χ4v) is 2.53. The highest BCUT2D eigenvalue weighted by molar-refractivity contribution is 14.0. The largest absolute Gasteiger partial charge is 0.444 e. The van der Waals surface area contributed by atoms with E-state index in [9.17, 15) is 18.0 Å². The van der Waals surface area contributed by atoms with Gasteiger partial charge in [-0.3, -0.25) is 4.99 Å². The molecule has 0 aromatic carbocycles. The third kappa shape index (κ3) is 10.9. The summed E-state index contributed by atoms with van der Waals surface area (Å²) in [5, 5.41) is 5.90. The third-order valence-corrected chi connectivity index (χ3v) is 3.59. The lowest BCUT2D eigenvalue weighted by Gasteiger charge is -2.23. The SMILES string of the molecule is CN=C(NCCCCC(F)(F)F)N1CC[C@@H](NC(=O)OC(C)(C)C)C1.I. The molecule has 1 aliphatic heterocycles. The number of hydrogen-bond acceptors (Lipinski definition) is 3. The maximum absolute atomic E-state index is 12.1. The quantitative estimate of drug-likeness (QED) is 0.266. The first kappa shape index (κ1) is 25.1. The van der Waals surface area contributed by atoms with E-state index >= 15 is 0 Å². The fourth-order valence-electron chi connectivity index (χ4n) is 2.53. The molecule has 154 valence electrons. The molecule has 26 heavy (non-hydrogen) atoms. The van der Waals surface area contributed by atoms with Crippen LogP contribution in [0, 0.1) is 0 Å². The fraction of sp³-hybridized carbons (Fsp3) is 0.875. The highest BCUT2D eigenvalue weighted by Crippen LogP contribution is 2.21. The number of aliphatic imine (C=N–C) groups is 1. The zero-order chi connectivity index (χ0) is 19.1. The summed E-state index contributed by atoms with van der Waals surface area (Å²) < 4.78 is 41.6. The molecule has 0 spiro atoms. The first-order chi connectivity index (χ1) is 11.5. The summed E-state index contributed by atoms with van der Waals surface area (Å²) in [6.45, 7) is 7.14. The number of likely N-dealkylation sites (tertiary alicyclic amines) is 1. The number of nitrogens with zero attached hydrogens (tertiary/aromatic N) is 2. The van der Waals surface area contributed by atoms with Gasteiger partial charge in [-0.1, -0.05) is 0 Å². The van der Waals surface area contributed by atoms with Gasteiger partial charge in [-0.2, -0.15) is 13.2 Å². The van der Waals surface area contributed by atoms with Crippen LogP contribution in [0.4, 0.5) is 18.0 Å². The van der Waals surface area contributed by atoms with E-state index in [2.05, 4.69) is 15.6 Å². The Morgan fingerprint density at radius 1 is 1.27 bits per heavy atom. The van der Waals surface area contributed by atoms with Crippen molar-refractivity contribution in [1.29, 1.82) is 0 Å². The van der Waals surface area contributed by atoms with Crippen molar-refractivity contribution < 1.29 is 22.7 Å². The molecule has 10 heteroatoms. The molecule has 0 saturated carbocycles. The number of hydrogen-bond donors (Lipinski definition) is 2. The van der Waals surface area contributed by atoms with Crippen LogP contribution in [-0.4, -0.2) is 61.5 Å². The van der Waals surface area contributed by atoms with E-state index in [4.69, 9.17) is 4.74 Å². The van der Waals surface area contributed by atoms with Crippen LogP contribution in [0.15, 0.2) is 4.99 Å². The van der Waals surface area contributed by atoms with E-state index in [0.717, 1.165) is 6.42 Å². The number of ether oxygens (including phenoxy) is 1. The Balaban J connectivity index is 0.00000625. The Kier molecular flexibility index (Phi) is 10.6. The Labute approximate surface area is 170 Å². The molecule has 0 radical (unpaired) electrons. The third-order valence-electron chi connectivity index (χ3n) is 3.59. The molecule has 1 heterocycles. The molecule has 0 aromatic heterocycles. The molecular formula is C16H30F3IN4O2. The second kappa shape index (κ2) is 11.0. The average Bonchev–Trinajstić information content (AvgIpc) is 2.87. The predicted molar refractivity (Wildman–Crippen MR) is 106 cm³/mol. The number of rotatable bonds is 5. The van der Waals surface area contributed by atoms with Gasteiger partial charge in [0.1, 0.15) is 5.60 Å². The summed E-state index contributed by atoms with van der Waals surface area (Å²) in [6.07, 6.45) is -4.04. The van der Waals surface area contributed by atoms with Crippen molar-refractivity contribution in [3.63, 3.8) is 0 Å². The second-order valence-corrected chi connectivity index (χ2v) is 7.12. The van der Waals surface area contributed by atoms with Crippen LogP contribution < -0.4 is 10.6 Å². The van der Waals surface area contributed by atoms with Crippen LogP contribution in [0.5, 0.6) is 0 Å². The molecule has 1 aliphatic rings. The Bertz CT molecular complexity index is 467. The number of alkyl carbamates (subject to hydrolysis) is 1. The lowest BCUT2D eigenvalue weighted by molar-refractivity contribution is -0.135. The predicted octanol–water partition coefficient (Wildman–Crippen LogP) is 3.51. The van der Waals surface area contributed by atoms with Gasteiger partial charge in [-0.15, -0.1) is 24.0 Å². The highest BCUT2D eigenvalue weighted by Gasteiger charge is 2.28. The van der Waals surface area contributed by atoms with E-state index in [1.54, 1.807) is 27.8 Å². The first-order valence-electron chi connectivity index (χ1n) is 8.52. The molecule has 1 fully saturated rings. The van der Waals surface area contributed by atoms with Crippen molar-refractivity contribution in [2.75, 3.05) is 26.7 Å². The van der Waals surface area contributed by atoms with Crippen LogP contribution in [-0.2, 0) is 4.74 Å². The molecule has 0 unspecified atom stereocenters. The Morgan fingerprint density at radius 2 is 1.92 bits per heavy atom. The van der Waals surface area contributed by atoms with Gasteiger partial charge in [0.15, 0.2) is 5.96 Å². The van der Waals surface area contributed by atoms with E-state index in [0.29, 0.717) is 32.0 Å². The zero-order valence-electron chi connectivity index (χ0n) is 15.8. The number of guanidine groups is 1. The maximum Gasteiger partial charge on any atom is 0.407 e. The molecule has 0 aliphatic carbocycles. The normalized spacial score (nSPS) is 18.3. The molecule has 6 nitrogen and oxygen atoms in total. The minimum Gasteiger partial charge on any atom is -0.444 e. The van der Waals surface area contributed by atoms with Crippen molar-refractivity contribution in [3.05, 3.63) is 0 Å². The molecule has 0 bridgehead atoms. The lowest BCUT2D eigenvalue weighted by Crippen LogP contribution is -2.44. The van der Waals surface area contributed by atoms with Crippen LogP contribution in [0.25, 0.3) is 0 Å². The van der Waals surface area contributed by atoms with E-state index in [1.165, 1.54) is 0 Å². The van der Waals surface area contributed by atoms with Crippen LogP contribution in [0.1, 0.15) is 46.5 Å². The van der Waals surface area contributed by atoms with Crippen molar-refractivity contribution in [1.82, 2.24) is 15.5 Å². The second-order valence-electron chi connectivity index (χ2n) is 7.12. The van der Waals surface area contributed by atoms with E-state index < -0.39 is 24.3 Å².